The summed E-state index contributed by atoms with van der Waals surface area (Å²) in [6, 6.07) is 16.9. The largest absolute Gasteiger partial charge is 0 e. The first-order valence-corrected chi connectivity index (χ1v) is 42.7. The van der Waals surface area contributed by atoms with Crippen LogP contribution in [0.2, 0.25) is 0 Å². The first-order valence-electron chi connectivity index (χ1n) is 39.9. The molecule has 0 bridgehead atoms. The number of halogens is 3. The molecule has 0 radical (unpaired) electrons. The van der Waals surface area contributed by atoms with Gasteiger partial charge in [0.05, 0.1) is 43.6 Å². The number of pyridine rings is 2. The van der Waals surface area contributed by atoms with E-state index in [0.29, 0.717) is 54.9 Å². The number of ether oxygens (including phenoxy) is 5. The summed E-state index contributed by atoms with van der Waals surface area (Å²) in [4.78, 5) is 37.1. The Hall–Kier alpha value is -7.70. The zero-order valence-corrected chi connectivity index (χ0v) is 67.5. The minimum atomic E-state index is -0.910. The molecule has 5 rings (SSSR count). The summed E-state index contributed by atoms with van der Waals surface area (Å²) in [6.07, 6.45) is 58.6. The molecule has 0 unspecified atom stereocenters. The summed E-state index contributed by atoms with van der Waals surface area (Å²) < 4.78 is 63.5. The van der Waals surface area contributed by atoms with Crippen molar-refractivity contribution in [3.8, 4) is 123 Å². The Bertz CT molecular complexity index is 3740. The van der Waals surface area contributed by atoms with Gasteiger partial charge in [0.1, 0.15) is 6.11 Å². The molecule has 1 N–H and O–H groups in total. The fourth-order valence-electron chi connectivity index (χ4n) is 12.4. The van der Waals surface area contributed by atoms with E-state index < -0.39 is 17.5 Å². The topological polar surface area (TPSA) is 118 Å². The molecule has 0 aliphatic heterocycles. The van der Waals surface area contributed by atoms with Crippen molar-refractivity contribution in [3.63, 3.8) is 0 Å². The molecule has 0 fully saturated rings. The first kappa shape index (κ1) is 90.7. The maximum Gasteiger partial charge on any atom is 0 e. The van der Waals surface area contributed by atoms with Gasteiger partial charge in [-0.3, -0.25) is 28.3 Å². The molecular formula is C92H142ClF2N3O7Pt. The molecule has 2 aromatic heterocycles. The van der Waals surface area contributed by atoms with Gasteiger partial charge in [0.15, 0.2) is 28.8 Å². The zero-order valence-electron chi connectivity index (χ0n) is 64.5. The molecular weight excluding hydrogens is 1530 g/mol. The van der Waals surface area contributed by atoms with Crippen molar-refractivity contribution in [2.24, 2.45) is 0 Å². The van der Waals surface area contributed by atoms with Gasteiger partial charge in [0, 0.05) is 100 Å². The number of terminal acetylenes is 1. The molecule has 0 aliphatic carbocycles. The molecule has 14 heteroatoms. The quantitative estimate of drug-likeness (QED) is 0.0176. The second-order valence-corrected chi connectivity index (χ2v) is 27.3. The number of aryl methyl sites for hydroxylation is 1. The van der Waals surface area contributed by atoms with Gasteiger partial charge < -0.3 is 29.0 Å². The van der Waals surface area contributed by atoms with Crippen LogP contribution in [0.4, 0.5) is 14.5 Å². The van der Waals surface area contributed by atoms with Crippen LogP contribution >= 0.6 is 9.42 Å². The molecule has 5 aromatic rings. The van der Waals surface area contributed by atoms with Crippen molar-refractivity contribution in [1.29, 1.82) is 0 Å². The van der Waals surface area contributed by atoms with Gasteiger partial charge in [-0.05, 0) is 79.4 Å². The standard InChI is InChI=1S/C92H118F2N3O7.ClH.Pt.12H2/c1-7-12-17-22-27-32-37-42-47-52-61-100-87-68-76(66-75(6)90(87)103-64-55-50-45-40-35-30-25-20-15-10-4)67-86(98)77-57-59-84(95-73-77)80-71-81(83(94)72-82(80)93)85-60-58-78(74-96-85)92(99)97-79-69-88(101-62-53-48-43-38-33-28-23-18-13-8-2)91(104-65-56-51-46-41-36-31-26-21-16-11-5)89(70-79)102-63-54-49-44-39-34-29-24-19-14-9-3;;;;;;;;;;;;;;/h2,57-60,66,68-70,72-74H,7,9-12,14-17,19-22,24-27,29-32,34-37,39-42,44-47,49-52,54-56,61,63-65,67H2,1,3-6H3,(H,97,99);1H;;12*1H/q-1;;+2;;;;;;;;;;;;/p-1. The van der Waals surface area contributed by atoms with Crippen molar-refractivity contribution in [2.45, 2.75) is 298 Å². The number of hydrogen-bond acceptors (Lipinski definition) is 9. The Kier molecular flexibility index (Phi) is 51.6. The molecule has 0 saturated heterocycles. The first-order chi connectivity index (χ1) is 52.1. The molecule has 598 valence electrons. The molecule has 10 nitrogen and oxygen atoms in total. The summed E-state index contributed by atoms with van der Waals surface area (Å²) in [5.41, 5.74) is 2.47. The van der Waals surface area contributed by atoms with Crippen molar-refractivity contribution in [1.82, 2.24) is 9.97 Å². The number of aromatic nitrogens is 2. The number of hydrogen-bond donors (Lipinski definition) is 1. The molecule has 0 saturated carbocycles. The van der Waals surface area contributed by atoms with Gasteiger partial charge in [-0.2, -0.15) is 0 Å². The Balaban J connectivity index is -0.00000120. The fourth-order valence-corrected chi connectivity index (χ4v) is 12.4. The number of carbonyl (C=O) groups excluding carboxylic acids is 2. The van der Waals surface area contributed by atoms with Gasteiger partial charge in [0.2, 0.25) is 5.75 Å². The number of nitrogens with one attached hydrogen (secondary N) is 1. The maximum absolute atomic E-state index is 15.8. The van der Waals surface area contributed by atoms with E-state index in [1.54, 1.807) is 37.0 Å². The average Bonchev–Trinajstić information content (AvgIpc) is 0.795. The molecule has 3 aromatic carbocycles. The minimum Gasteiger partial charge on any atom is 0 e. The third-order valence-electron chi connectivity index (χ3n) is 18.3. The van der Waals surface area contributed by atoms with Gasteiger partial charge in [-0.1, -0.05) is 306 Å². The molecule has 106 heavy (non-hydrogen) atoms. The SMILES string of the molecule is C#CC#CC#CC#CC#CC#COc1cc(NC(=O)c2ccc(-c3[c-]c(-c4ccc(C(=O)Cc5cc(C)c(OCCCCCCCCCCCC)c(OCCCCCCCCCCCC)c5)cn4)c(F)cc3F)nc2)cc(OCCCCCCCCCCCC)c1OCCCCCCCCCCCC.[Cl][Pt+].[HH].[HH].[HH].[HH].[HH].[HH].[HH].[HH].[HH].[HH].[HH].[HH]. The summed E-state index contributed by atoms with van der Waals surface area (Å²) >= 11 is 1.61. The van der Waals surface area contributed by atoms with Crippen LogP contribution < -0.4 is 29.0 Å². The number of nitrogens with zero attached hydrogens (tertiary/aromatic N) is 2. The Morgan fingerprint density at radius 2 is 0.811 bits per heavy atom. The second-order valence-electron chi connectivity index (χ2n) is 27.3. The number of benzene rings is 3. The fraction of sp³-hybridized carbons (Fsp3) is 0.543. The van der Waals surface area contributed by atoms with E-state index in [-0.39, 0.29) is 63.2 Å². The maximum atomic E-state index is 15.8. The summed E-state index contributed by atoms with van der Waals surface area (Å²) in [5, 5.41) is 2.95. The van der Waals surface area contributed by atoms with E-state index in [2.05, 4.69) is 124 Å². The van der Waals surface area contributed by atoms with Crippen molar-refractivity contribution >= 4 is 26.8 Å². The summed E-state index contributed by atoms with van der Waals surface area (Å²) in [6.45, 7) is 12.9. The number of carbonyl (C=O) groups is 2. The molecule has 1 amide bonds. The molecule has 2 heterocycles. The van der Waals surface area contributed by atoms with Gasteiger partial charge in [-0.15, -0.1) is 12.5 Å². The van der Waals surface area contributed by atoms with Gasteiger partial charge >= 0.3 is 28.2 Å². The van der Waals surface area contributed by atoms with Crippen LogP contribution in [0.3, 0.4) is 0 Å². The number of anilines is 1. The van der Waals surface area contributed by atoms with Gasteiger partial charge in [-0.25, -0.2) is 0 Å². The van der Waals surface area contributed by atoms with E-state index in [0.717, 1.165) is 87.2 Å². The Morgan fingerprint density at radius 3 is 1.22 bits per heavy atom. The summed E-state index contributed by atoms with van der Waals surface area (Å²) in [7, 11) is 4.61. The normalized spacial score (nSPS) is 10.4. The van der Waals surface area contributed by atoms with Crippen molar-refractivity contribution < 1.29 is 77.9 Å². The zero-order chi connectivity index (χ0) is 76.1. The van der Waals surface area contributed by atoms with Gasteiger partial charge in [0.25, 0.3) is 5.91 Å². The predicted octanol–water partition coefficient (Wildman–Crippen LogP) is 27.7. The van der Waals surface area contributed by atoms with Crippen LogP contribution in [0.25, 0.3) is 22.5 Å². The van der Waals surface area contributed by atoms with E-state index in [1.165, 1.54) is 223 Å². The average molecular weight is 1670 g/mol. The molecule has 0 atom stereocenters. The van der Waals surface area contributed by atoms with Crippen molar-refractivity contribution in [3.05, 3.63) is 107 Å². The van der Waals surface area contributed by atoms with E-state index in [4.69, 9.17) is 30.1 Å². The van der Waals surface area contributed by atoms with E-state index in [1.807, 2.05) is 19.1 Å². The number of amides is 1. The van der Waals surface area contributed by atoms with E-state index >= 15 is 8.78 Å². The molecule has 0 spiro atoms. The monoisotopic (exact) mass is 1670 g/mol. The number of Topliss-reactive ketones (excluding diaryl/α,β-unsaturated/α-hetero) is 1. The van der Waals surface area contributed by atoms with Crippen LogP contribution in [0.1, 0.15) is 333 Å². The predicted molar refractivity (Wildman–Crippen MR) is 454 cm³/mol. The van der Waals surface area contributed by atoms with Crippen LogP contribution in [-0.2, 0) is 25.2 Å². The second kappa shape index (κ2) is 60.3. The van der Waals surface area contributed by atoms with Crippen LogP contribution in [0, 0.1) is 96.4 Å². The summed E-state index contributed by atoms with van der Waals surface area (Å²) in [5.74, 6) is 25.0. The number of ketones is 1. The van der Waals surface area contributed by atoms with Crippen LogP contribution in [0.15, 0.2) is 67.0 Å². The smallest absolute Gasteiger partial charge is 0 e. The van der Waals surface area contributed by atoms with Crippen molar-refractivity contribution in [2.75, 3.05) is 31.7 Å². The Labute approximate surface area is 670 Å². The molecule has 0 aliphatic rings. The number of rotatable bonds is 56. The third kappa shape index (κ3) is 39.2. The number of unbranched alkanes of at least 4 members (excludes halogenated alkanes) is 36. The van der Waals surface area contributed by atoms with Crippen LogP contribution in [-0.4, -0.2) is 48.1 Å². The Morgan fingerprint density at radius 1 is 0.453 bits per heavy atom. The minimum absolute atomic E-state index is 0. The van der Waals surface area contributed by atoms with Crippen LogP contribution in [0.5, 0.6) is 28.7 Å². The van der Waals surface area contributed by atoms with E-state index in [9.17, 15) is 9.59 Å². The third-order valence-corrected chi connectivity index (χ3v) is 18.3.